The molecule has 0 aromatic heterocycles. The number of unbranched alkanes of at least 4 members (excludes halogenated alkanes) is 3. The van der Waals surface area contributed by atoms with Crippen molar-refractivity contribution in [3.8, 4) is 5.75 Å². The molecule has 0 saturated carbocycles. The highest BCUT2D eigenvalue weighted by Crippen LogP contribution is 2.21. The van der Waals surface area contributed by atoms with Crippen molar-refractivity contribution in [2.45, 2.75) is 51.2 Å². The first-order valence-electron chi connectivity index (χ1n) is 8.35. The van der Waals surface area contributed by atoms with Crippen LogP contribution in [0.1, 0.15) is 50.7 Å². The van der Waals surface area contributed by atoms with Gasteiger partial charge in [-0.1, -0.05) is 38.3 Å². The molecule has 2 atom stereocenters. The molecule has 3 N–H and O–H groups in total. The van der Waals surface area contributed by atoms with Gasteiger partial charge in [-0.2, -0.15) is 0 Å². The average molecular weight is 308 g/mol. The average Bonchev–Trinajstić information content (AvgIpc) is 2.52. The van der Waals surface area contributed by atoms with Crippen LogP contribution in [0.15, 0.2) is 24.3 Å². The van der Waals surface area contributed by atoms with E-state index < -0.39 is 6.10 Å². The molecule has 0 aliphatic carbocycles. The lowest BCUT2D eigenvalue weighted by Gasteiger charge is -2.21. The van der Waals surface area contributed by atoms with Crippen LogP contribution in [0, 0.1) is 0 Å². The van der Waals surface area contributed by atoms with Crippen LogP contribution in [0.25, 0.3) is 0 Å². The van der Waals surface area contributed by atoms with Gasteiger partial charge in [0.25, 0.3) is 0 Å². The summed E-state index contributed by atoms with van der Waals surface area (Å²) in [6.07, 6.45) is 4.95. The van der Waals surface area contributed by atoms with Crippen molar-refractivity contribution in [1.29, 1.82) is 0 Å². The lowest BCUT2D eigenvalue weighted by Crippen LogP contribution is -2.32. The highest BCUT2D eigenvalue weighted by molar-refractivity contribution is 5.29. The lowest BCUT2D eigenvalue weighted by atomic mass is 10.0. The normalized spacial score (nSPS) is 14.1. The van der Waals surface area contributed by atoms with Crippen LogP contribution in [0.4, 0.5) is 0 Å². The number of benzene rings is 1. The van der Waals surface area contributed by atoms with Crippen molar-refractivity contribution in [3.05, 3.63) is 29.8 Å². The first kappa shape index (κ1) is 18.9. The Balaban J connectivity index is 2.39. The van der Waals surface area contributed by atoms with E-state index >= 15 is 0 Å². The zero-order valence-electron chi connectivity index (χ0n) is 14.3. The predicted molar refractivity (Wildman–Crippen MR) is 92.2 cm³/mol. The summed E-state index contributed by atoms with van der Waals surface area (Å²) in [4.78, 5) is 2.07. The molecule has 0 bridgehead atoms. The second kappa shape index (κ2) is 10.6. The van der Waals surface area contributed by atoms with Crippen LogP contribution in [0.2, 0.25) is 0 Å². The summed E-state index contributed by atoms with van der Waals surface area (Å²) < 4.78 is 5.71. The molecular weight excluding hydrogens is 276 g/mol. The van der Waals surface area contributed by atoms with E-state index in [2.05, 4.69) is 11.8 Å². The fourth-order valence-corrected chi connectivity index (χ4v) is 2.29. The molecule has 4 nitrogen and oxygen atoms in total. The summed E-state index contributed by atoms with van der Waals surface area (Å²) in [6.45, 7) is 3.83. The third-order valence-electron chi connectivity index (χ3n) is 3.80. The van der Waals surface area contributed by atoms with Gasteiger partial charge in [0, 0.05) is 6.04 Å². The number of aliphatic hydroxyl groups is 1. The molecule has 0 heterocycles. The fraction of sp³-hybridized carbons (Fsp3) is 0.667. The van der Waals surface area contributed by atoms with Crippen LogP contribution in [-0.2, 0) is 0 Å². The summed E-state index contributed by atoms with van der Waals surface area (Å²) >= 11 is 0. The number of hydrogen-bond acceptors (Lipinski definition) is 4. The molecule has 126 valence electrons. The number of nitrogens with zero attached hydrogens (tertiary/aromatic N) is 1. The molecule has 4 heteroatoms. The Hall–Kier alpha value is -1.10. The topological polar surface area (TPSA) is 58.7 Å². The predicted octanol–water partition coefficient (Wildman–Crippen LogP) is 2.96. The van der Waals surface area contributed by atoms with Gasteiger partial charge in [0.15, 0.2) is 0 Å². The van der Waals surface area contributed by atoms with Crippen LogP contribution in [0.3, 0.4) is 0 Å². The molecule has 0 amide bonds. The van der Waals surface area contributed by atoms with Crippen molar-refractivity contribution < 1.29 is 9.84 Å². The van der Waals surface area contributed by atoms with E-state index in [1.165, 1.54) is 19.3 Å². The van der Waals surface area contributed by atoms with Gasteiger partial charge in [-0.05, 0) is 51.2 Å². The van der Waals surface area contributed by atoms with Crippen molar-refractivity contribution in [2.24, 2.45) is 5.73 Å². The molecule has 2 unspecified atom stereocenters. The fourth-order valence-electron chi connectivity index (χ4n) is 2.29. The highest BCUT2D eigenvalue weighted by Gasteiger charge is 2.16. The zero-order chi connectivity index (χ0) is 16.4. The molecule has 0 radical (unpaired) electrons. The Morgan fingerprint density at radius 1 is 1.14 bits per heavy atom. The second-order valence-electron chi connectivity index (χ2n) is 6.18. The number of rotatable bonds is 11. The number of aliphatic hydroxyl groups excluding tert-OH is 1. The maximum Gasteiger partial charge on any atom is 0.119 e. The summed E-state index contributed by atoms with van der Waals surface area (Å²) in [5, 5.41) is 10.3. The van der Waals surface area contributed by atoms with Gasteiger partial charge in [-0.25, -0.2) is 0 Å². The second-order valence-corrected chi connectivity index (χ2v) is 6.18. The van der Waals surface area contributed by atoms with Crippen LogP contribution < -0.4 is 10.5 Å². The summed E-state index contributed by atoms with van der Waals surface area (Å²) in [6, 6.07) is 7.39. The van der Waals surface area contributed by atoms with Crippen molar-refractivity contribution in [3.63, 3.8) is 0 Å². The van der Waals surface area contributed by atoms with Gasteiger partial charge in [0.1, 0.15) is 5.75 Å². The van der Waals surface area contributed by atoms with Crippen LogP contribution in [-0.4, -0.2) is 43.3 Å². The monoisotopic (exact) mass is 308 g/mol. The molecule has 1 rings (SSSR count). The minimum atomic E-state index is -0.626. The van der Waals surface area contributed by atoms with Gasteiger partial charge in [0.05, 0.1) is 12.7 Å². The Morgan fingerprint density at radius 3 is 2.41 bits per heavy atom. The van der Waals surface area contributed by atoms with Crippen molar-refractivity contribution in [1.82, 2.24) is 4.90 Å². The Labute approximate surface area is 135 Å². The number of ether oxygens (including phenoxy) is 1. The van der Waals surface area contributed by atoms with Crippen molar-refractivity contribution in [2.75, 3.05) is 27.2 Å². The third-order valence-corrected chi connectivity index (χ3v) is 3.80. The quantitative estimate of drug-likeness (QED) is 0.617. The molecule has 1 aromatic carbocycles. The molecule has 0 fully saturated rings. The van der Waals surface area contributed by atoms with Gasteiger partial charge in [-0.15, -0.1) is 0 Å². The lowest BCUT2D eigenvalue weighted by molar-refractivity contribution is 0.137. The maximum atomic E-state index is 10.3. The smallest absolute Gasteiger partial charge is 0.119 e. The van der Waals surface area contributed by atoms with E-state index in [1.807, 2.05) is 38.4 Å². The standard InChI is InChI=1S/C18H32N2O2/c1-4-5-6-7-14-22-16-10-8-15(9-11-16)18(21)17(19)12-13-20(2)3/h8-11,17-18,21H,4-7,12-14,19H2,1-3H3. The first-order chi connectivity index (χ1) is 10.5. The van der Waals surface area contributed by atoms with E-state index in [9.17, 15) is 5.11 Å². The van der Waals surface area contributed by atoms with Crippen LogP contribution in [0.5, 0.6) is 5.75 Å². The molecule has 22 heavy (non-hydrogen) atoms. The maximum absolute atomic E-state index is 10.3. The number of hydrogen-bond donors (Lipinski definition) is 2. The van der Waals surface area contributed by atoms with Gasteiger partial charge in [0.2, 0.25) is 0 Å². The molecule has 0 saturated heterocycles. The van der Waals surface area contributed by atoms with E-state index in [1.54, 1.807) is 0 Å². The molecular formula is C18H32N2O2. The minimum Gasteiger partial charge on any atom is -0.494 e. The SMILES string of the molecule is CCCCCCOc1ccc(C(O)C(N)CCN(C)C)cc1. The number of nitrogens with two attached hydrogens (primary N) is 1. The minimum absolute atomic E-state index is 0.247. The van der Waals surface area contributed by atoms with Crippen LogP contribution >= 0.6 is 0 Å². The summed E-state index contributed by atoms with van der Waals surface area (Å²) in [5.74, 6) is 0.856. The largest absolute Gasteiger partial charge is 0.494 e. The molecule has 0 aliphatic rings. The summed E-state index contributed by atoms with van der Waals surface area (Å²) in [5.41, 5.74) is 6.91. The molecule has 0 spiro atoms. The molecule has 1 aromatic rings. The summed E-state index contributed by atoms with van der Waals surface area (Å²) in [7, 11) is 4.01. The Morgan fingerprint density at radius 2 is 1.82 bits per heavy atom. The van der Waals surface area contributed by atoms with E-state index in [4.69, 9.17) is 10.5 Å². The van der Waals surface area contributed by atoms with Gasteiger partial charge < -0.3 is 20.5 Å². The van der Waals surface area contributed by atoms with E-state index in [-0.39, 0.29) is 6.04 Å². The molecule has 0 aliphatic heterocycles. The van der Waals surface area contributed by atoms with E-state index in [0.717, 1.165) is 37.3 Å². The van der Waals surface area contributed by atoms with Gasteiger partial charge in [-0.3, -0.25) is 0 Å². The first-order valence-corrected chi connectivity index (χ1v) is 8.35. The third kappa shape index (κ3) is 7.25. The van der Waals surface area contributed by atoms with Crippen molar-refractivity contribution >= 4 is 0 Å². The Bertz CT molecular complexity index is 393. The Kier molecular flexibility index (Phi) is 9.13. The van der Waals surface area contributed by atoms with E-state index in [0.29, 0.717) is 0 Å². The van der Waals surface area contributed by atoms with Gasteiger partial charge >= 0.3 is 0 Å². The zero-order valence-corrected chi connectivity index (χ0v) is 14.3. The highest BCUT2D eigenvalue weighted by atomic mass is 16.5.